The van der Waals surface area contributed by atoms with Crippen LogP contribution >= 0.6 is 0 Å². The molecule has 1 aliphatic carbocycles. The summed E-state index contributed by atoms with van der Waals surface area (Å²) in [7, 11) is 0. The predicted molar refractivity (Wildman–Crippen MR) is 138 cm³/mol. The highest BCUT2D eigenvalue weighted by Gasteiger charge is 2.42. The molecule has 2 aromatic heterocycles. The van der Waals surface area contributed by atoms with Crippen LogP contribution in [-0.2, 0) is 5.41 Å². The molecule has 1 unspecified atom stereocenters. The van der Waals surface area contributed by atoms with E-state index in [4.69, 9.17) is 9.97 Å². The number of amides is 1. The van der Waals surface area contributed by atoms with E-state index in [9.17, 15) is 4.79 Å². The summed E-state index contributed by atoms with van der Waals surface area (Å²) >= 11 is 0. The van der Waals surface area contributed by atoms with Crippen molar-refractivity contribution in [2.45, 2.75) is 63.8 Å². The van der Waals surface area contributed by atoms with Gasteiger partial charge in [0.25, 0.3) is 5.91 Å². The van der Waals surface area contributed by atoms with Gasteiger partial charge in [-0.05, 0) is 56.2 Å². The normalized spacial score (nSPS) is 18.9. The van der Waals surface area contributed by atoms with Crippen LogP contribution in [0.2, 0.25) is 0 Å². The Hall–Kier alpha value is -3.28. The van der Waals surface area contributed by atoms with Crippen LogP contribution in [0.4, 0.5) is 5.95 Å². The molecule has 3 heterocycles. The van der Waals surface area contributed by atoms with Crippen LogP contribution in [-0.4, -0.2) is 33.9 Å². The Labute approximate surface area is 208 Å². The van der Waals surface area contributed by atoms with Crippen LogP contribution in [0, 0.1) is 5.92 Å². The number of rotatable bonds is 6. The number of hydrogen-bond donors (Lipinski definition) is 1. The zero-order valence-corrected chi connectivity index (χ0v) is 20.8. The summed E-state index contributed by atoms with van der Waals surface area (Å²) in [5.41, 5.74) is 3.24. The zero-order valence-electron chi connectivity index (χ0n) is 20.8. The standard InChI is InChI=1S/C29H35N5O/c1-21-13-18-34(19-14-21)28-31-20-24(27(35)32-22(2)25-12-6-9-17-30-25)26(33-28)29(15-7-8-16-29)23-10-4-3-5-11-23/h3-6,9-12,17,20-22H,7-8,13-16,18-19H2,1-2H3,(H,32,35). The predicted octanol–water partition coefficient (Wildman–Crippen LogP) is 5.46. The SMILES string of the molecule is CC1CCN(c2ncc(C(=O)NC(C)c3ccccn3)c(C3(c4ccccc4)CCCC3)n2)CC1. The van der Waals surface area contributed by atoms with Gasteiger partial charge in [0.15, 0.2) is 0 Å². The van der Waals surface area contributed by atoms with E-state index in [1.165, 1.54) is 5.56 Å². The second-order valence-electron chi connectivity index (χ2n) is 10.2. The van der Waals surface area contributed by atoms with Crippen molar-refractivity contribution >= 4 is 11.9 Å². The zero-order chi connectivity index (χ0) is 24.3. The number of nitrogens with one attached hydrogen (secondary N) is 1. The summed E-state index contributed by atoms with van der Waals surface area (Å²) < 4.78 is 0. The van der Waals surface area contributed by atoms with Crippen molar-refractivity contribution in [3.8, 4) is 0 Å². The fourth-order valence-electron chi connectivity index (χ4n) is 5.64. The average molecular weight is 470 g/mol. The minimum atomic E-state index is -0.275. The summed E-state index contributed by atoms with van der Waals surface area (Å²) in [6.07, 6.45) is 10.0. The molecule has 6 nitrogen and oxygen atoms in total. The van der Waals surface area contributed by atoms with E-state index in [0.29, 0.717) is 5.56 Å². The lowest BCUT2D eigenvalue weighted by molar-refractivity contribution is 0.0936. The molecule has 1 N–H and O–H groups in total. The Kier molecular flexibility index (Phi) is 6.80. The summed E-state index contributed by atoms with van der Waals surface area (Å²) in [5, 5.41) is 3.15. The molecule has 182 valence electrons. The number of carbonyl (C=O) groups is 1. The molecule has 2 fully saturated rings. The minimum Gasteiger partial charge on any atom is -0.344 e. The molecule has 0 bridgehead atoms. The Morgan fingerprint density at radius 3 is 2.43 bits per heavy atom. The highest BCUT2D eigenvalue weighted by Crippen LogP contribution is 2.47. The first-order valence-corrected chi connectivity index (χ1v) is 13.0. The van der Waals surface area contributed by atoms with Crippen LogP contribution < -0.4 is 10.2 Å². The van der Waals surface area contributed by atoms with Crippen LogP contribution in [0.5, 0.6) is 0 Å². The van der Waals surface area contributed by atoms with Gasteiger partial charge in [-0.2, -0.15) is 0 Å². The maximum atomic E-state index is 13.7. The van der Waals surface area contributed by atoms with Gasteiger partial charge in [-0.25, -0.2) is 9.97 Å². The average Bonchev–Trinajstić information content (AvgIpc) is 3.41. The van der Waals surface area contributed by atoms with Crippen LogP contribution in [0.3, 0.4) is 0 Å². The van der Waals surface area contributed by atoms with E-state index in [1.54, 1.807) is 12.4 Å². The molecule has 1 atom stereocenters. The topological polar surface area (TPSA) is 71.0 Å². The Bertz CT molecular complexity index is 1140. The third-order valence-electron chi connectivity index (χ3n) is 7.80. The second kappa shape index (κ2) is 10.1. The van der Waals surface area contributed by atoms with E-state index in [0.717, 1.165) is 74.9 Å². The van der Waals surface area contributed by atoms with Crippen molar-refractivity contribution in [2.24, 2.45) is 5.92 Å². The largest absolute Gasteiger partial charge is 0.344 e. The number of nitrogens with zero attached hydrogens (tertiary/aromatic N) is 4. The third kappa shape index (κ3) is 4.79. The van der Waals surface area contributed by atoms with Gasteiger partial charge in [0, 0.05) is 30.9 Å². The second-order valence-corrected chi connectivity index (χ2v) is 10.2. The molecule has 2 aliphatic rings. The number of anilines is 1. The molecule has 5 rings (SSSR count). The summed E-state index contributed by atoms with van der Waals surface area (Å²) in [6, 6.07) is 16.2. The number of pyridine rings is 1. The van der Waals surface area contributed by atoms with Crippen molar-refractivity contribution < 1.29 is 4.79 Å². The van der Waals surface area contributed by atoms with E-state index in [2.05, 4.69) is 52.5 Å². The summed E-state index contributed by atoms with van der Waals surface area (Å²) in [4.78, 5) is 30.3. The molecule has 1 aromatic carbocycles. The Morgan fingerprint density at radius 1 is 1.03 bits per heavy atom. The molecule has 35 heavy (non-hydrogen) atoms. The van der Waals surface area contributed by atoms with Crippen molar-refractivity contribution in [1.29, 1.82) is 0 Å². The summed E-state index contributed by atoms with van der Waals surface area (Å²) in [5.74, 6) is 1.34. The maximum Gasteiger partial charge on any atom is 0.255 e. The van der Waals surface area contributed by atoms with Gasteiger partial charge >= 0.3 is 0 Å². The number of aromatic nitrogens is 3. The number of hydrogen-bond acceptors (Lipinski definition) is 5. The number of benzene rings is 1. The van der Waals surface area contributed by atoms with Crippen molar-refractivity contribution in [1.82, 2.24) is 20.3 Å². The first-order valence-electron chi connectivity index (χ1n) is 13.0. The van der Waals surface area contributed by atoms with E-state index >= 15 is 0 Å². The molecule has 0 radical (unpaired) electrons. The quantitative estimate of drug-likeness (QED) is 0.519. The molecular weight excluding hydrogens is 434 g/mol. The molecule has 1 amide bonds. The molecule has 0 spiro atoms. The van der Waals surface area contributed by atoms with E-state index in [-0.39, 0.29) is 17.4 Å². The van der Waals surface area contributed by atoms with Crippen LogP contribution in [0.25, 0.3) is 0 Å². The smallest absolute Gasteiger partial charge is 0.255 e. The molecule has 3 aromatic rings. The fourth-order valence-corrected chi connectivity index (χ4v) is 5.64. The Morgan fingerprint density at radius 2 is 1.74 bits per heavy atom. The fraction of sp³-hybridized carbons (Fsp3) is 0.448. The molecule has 6 heteroatoms. The van der Waals surface area contributed by atoms with Gasteiger partial charge in [-0.1, -0.05) is 56.2 Å². The highest BCUT2D eigenvalue weighted by atomic mass is 16.1. The van der Waals surface area contributed by atoms with Gasteiger partial charge in [0.1, 0.15) is 0 Å². The van der Waals surface area contributed by atoms with Gasteiger partial charge in [0.2, 0.25) is 5.95 Å². The first kappa shape index (κ1) is 23.5. The minimum absolute atomic E-state index is 0.140. The van der Waals surface area contributed by atoms with Crippen molar-refractivity contribution in [3.05, 3.63) is 83.4 Å². The summed E-state index contributed by atoms with van der Waals surface area (Å²) in [6.45, 7) is 6.19. The van der Waals surface area contributed by atoms with Crippen molar-refractivity contribution in [2.75, 3.05) is 18.0 Å². The first-order chi connectivity index (χ1) is 17.1. The highest BCUT2D eigenvalue weighted by molar-refractivity contribution is 5.96. The van der Waals surface area contributed by atoms with Crippen LogP contribution in [0.15, 0.2) is 60.9 Å². The lowest BCUT2D eigenvalue weighted by Crippen LogP contribution is -2.37. The van der Waals surface area contributed by atoms with E-state index in [1.807, 2.05) is 25.1 Å². The third-order valence-corrected chi connectivity index (χ3v) is 7.80. The molecule has 1 saturated carbocycles. The lowest BCUT2D eigenvalue weighted by Gasteiger charge is -2.34. The van der Waals surface area contributed by atoms with Gasteiger partial charge < -0.3 is 10.2 Å². The van der Waals surface area contributed by atoms with Gasteiger partial charge in [-0.3, -0.25) is 9.78 Å². The van der Waals surface area contributed by atoms with Gasteiger partial charge in [0.05, 0.1) is 23.0 Å². The molecule has 1 aliphatic heterocycles. The molecular formula is C29H35N5O. The number of carbonyl (C=O) groups excluding carboxylic acids is 1. The number of piperidine rings is 1. The molecule has 1 saturated heterocycles. The van der Waals surface area contributed by atoms with Crippen LogP contribution in [0.1, 0.15) is 85.7 Å². The maximum absolute atomic E-state index is 13.7. The lowest BCUT2D eigenvalue weighted by atomic mass is 9.74. The van der Waals surface area contributed by atoms with Crippen molar-refractivity contribution in [3.63, 3.8) is 0 Å². The van der Waals surface area contributed by atoms with Gasteiger partial charge in [-0.15, -0.1) is 0 Å². The monoisotopic (exact) mass is 469 g/mol. The van der Waals surface area contributed by atoms with E-state index < -0.39 is 0 Å². The Balaban J connectivity index is 1.55.